The van der Waals surface area contributed by atoms with Crippen LogP contribution in [0.4, 0.5) is 0 Å². The minimum atomic E-state index is -0.929. The molecule has 0 bridgehead atoms. The van der Waals surface area contributed by atoms with Crippen molar-refractivity contribution in [3.05, 3.63) is 63.8 Å². The number of allylic oxidation sites excluding steroid dienone is 4. The van der Waals surface area contributed by atoms with Crippen molar-refractivity contribution in [2.75, 3.05) is 21.3 Å². The molecule has 2 aromatic rings. The molecule has 2 N–H and O–H groups in total. The van der Waals surface area contributed by atoms with Crippen molar-refractivity contribution >= 4 is 5.78 Å². The highest BCUT2D eigenvalue weighted by Gasteiger charge is 2.35. The number of aliphatic hydroxyl groups is 1. The molecule has 1 aliphatic heterocycles. The number of phenols is 1. The first kappa shape index (κ1) is 31.1. The first-order chi connectivity index (χ1) is 18.9. The molecule has 7 heteroatoms. The first-order valence-electron chi connectivity index (χ1n) is 13.8. The van der Waals surface area contributed by atoms with E-state index >= 15 is 0 Å². The largest absolute Gasteiger partial charge is 0.507 e. The van der Waals surface area contributed by atoms with Crippen LogP contribution < -0.4 is 18.9 Å². The average molecular weight is 553 g/mol. The van der Waals surface area contributed by atoms with E-state index in [0.717, 1.165) is 24.0 Å². The number of hydrogen-bond donors (Lipinski definition) is 2. The average Bonchev–Trinajstić information content (AvgIpc) is 2.89. The van der Waals surface area contributed by atoms with E-state index in [1.807, 2.05) is 12.1 Å². The van der Waals surface area contributed by atoms with Gasteiger partial charge in [-0.2, -0.15) is 0 Å². The Labute approximate surface area is 238 Å². The van der Waals surface area contributed by atoms with Crippen molar-refractivity contribution in [1.29, 1.82) is 0 Å². The lowest BCUT2D eigenvalue weighted by Gasteiger charge is -2.30. The van der Waals surface area contributed by atoms with Gasteiger partial charge in [0.25, 0.3) is 0 Å². The molecule has 1 aliphatic rings. The van der Waals surface area contributed by atoms with Crippen LogP contribution in [-0.2, 0) is 12.8 Å². The highest BCUT2D eigenvalue weighted by Crippen LogP contribution is 2.47. The molecule has 7 nitrogen and oxygen atoms in total. The van der Waals surface area contributed by atoms with E-state index in [4.69, 9.17) is 18.9 Å². The number of benzene rings is 2. The highest BCUT2D eigenvalue weighted by atomic mass is 16.5. The number of ether oxygens (including phenoxy) is 4. The summed E-state index contributed by atoms with van der Waals surface area (Å²) in [5.74, 6) is 1.54. The molecule has 0 unspecified atom stereocenters. The molecule has 218 valence electrons. The van der Waals surface area contributed by atoms with Gasteiger partial charge in [0.15, 0.2) is 17.3 Å². The SMILES string of the molecule is COc1cc2c(c(O)c1CCC(C)(C)O)C(=O)C[C@@H](c1ccc(OC)c(OC)c1C/C=C(\C)CCC=C(C)C)O2. The van der Waals surface area contributed by atoms with Gasteiger partial charge in [0, 0.05) is 22.8 Å². The second-order valence-electron chi connectivity index (χ2n) is 11.3. The van der Waals surface area contributed by atoms with Crippen LogP contribution in [0.3, 0.4) is 0 Å². The summed E-state index contributed by atoms with van der Waals surface area (Å²) in [4.78, 5) is 13.5. The third-order valence-electron chi connectivity index (χ3n) is 7.23. The molecule has 1 atom stereocenters. The van der Waals surface area contributed by atoms with Crippen LogP contribution in [0.1, 0.15) is 93.5 Å². The minimum absolute atomic E-state index is 0.0591. The topological polar surface area (TPSA) is 94.5 Å². The van der Waals surface area contributed by atoms with Gasteiger partial charge in [-0.25, -0.2) is 0 Å². The van der Waals surface area contributed by atoms with E-state index in [9.17, 15) is 15.0 Å². The van der Waals surface area contributed by atoms with Crippen molar-refractivity contribution in [1.82, 2.24) is 0 Å². The van der Waals surface area contributed by atoms with Crippen LogP contribution in [0.5, 0.6) is 28.7 Å². The minimum Gasteiger partial charge on any atom is -0.507 e. The maximum absolute atomic E-state index is 13.5. The van der Waals surface area contributed by atoms with Crippen molar-refractivity contribution in [3.8, 4) is 28.7 Å². The molecule has 0 aromatic heterocycles. The van der Waals surface area contributed by atoms with E-state index in [2.05, 4.69) is 32.9 Å². The molecule has 3 rings (SSSR count). The standard InChI is InChI=1S/C33H44O7/c1-20(2)10-9-11-21(3)12-13-23-22(14-15-26(37-6)32(23)39-8)28-18-25(34)30-29(40-28)19-27(38-7)24(31(30)35)16-17-33(4,5)36/h10,12,14-15,19,28,35-36H,9,11,13,16-18H2,1-8H3/b21-12+/t28-/m0/s1. The van der Waals surface area contributed by atoms with Crippen molar-refractivity contribution < 1.29 is 34.0 Å². The molecule has 1 heterocycles. The molecule has 0 saturated carbocycles. The number of methoxy groups -OCH3 is 3. The van der Waals surface area contributed by atoms with Crippen LogP contribution in [-0.4, -0.2) is 42.9 Å². The zero-order valence-electron chi connectivity index (χ0n) is 25.1. The summed E-state index contributed by atoms with van der Waals surface area (Å²) in [5, 5.41) is 21.3. The third kappa shape index (κ3) is 7.39. The molecule has 0 amide bonds. The Morgan fingerprint density at radius 1 is 1.05 bits per heavy atom. The predicted molar refractivity (Wildman–Crippen MR) is 157 cm³/mol. The number of carbonyl (C=O) groups excluding carboxylic acids is 1. The second-order valence-corrected chi connectivity index (χ2v) is 11.3. The highest BCUT2D eigenvalue weighted by molar-refractivity contribution is 6.03. The van der Waals surface area contributed by atoms with E-state index in [1.54, 1.807) is 34.1 Å². The molecule has 0 saturated heterocycles. The van der Waals surface area contributed by atoms with Gasteiger partial charge in [-0.05, 0) is 72.8 Å². The quantitative estimate of drug-likeness (QED) is 0.272. The van der Waals surface area contributed by atoms with Crippen LogP contribution in [0.2, 0.25) is 0 Å². The van der Waals surface area contributed by atoms with E-state index in [1.165, 1.54) is 18.3 Å². The third-order valence-corrected chi connectivity index (χ3v) is 7.23. The molecule has 0 fully saturated rings. The lowest BCUT2D eigenvalue weighted by atomic mass is 9.89. The zero-order chi connectivity index (χ0) is 29.6. The van der Waals surface area contributed by atoms with Crippen LogP contribution >= 0.6 is 0 Å². The van der Waals surface area contributed by atoms with E-state index < -0.39 is 11.7 Å². The fourth-order valence-electron chi connectivity index (χ4n) is 5.00. The van der Waals surface area contributed by atoms with Gasteiger partial charge in [-0.3, -0.25) is 4.79 Å². The van der Waals surface area contributed by atoms with Gasteiger partial charge in [-0.15, -0.1) is 0 Å². The Kier molecular flexibility index (Phi) is 10.3. The molecule has 0 radical (unpaired) electrons. The summed E-state index contributed by atoms with van der Waals surface area (Å²) in [6.07, 6.45) is 7.15. The summed E-state index contributed by atoms with van der Waals surface area (Å²) < 4.78 is 23.3. The maximum atomic E-state index is 13.5. The molecule has 0 spiro atoms. The van der Waals surface area contributed by atoms with Gasteiger partial charge in [0.1, 0.15) is 28.9 Å². The second kappa shape index (κ2) is 13.3. The number of ketones is 1. The number of aromatic hydroxyl groups is 1. The van der Waals surface area contributed by atoms with Crippen molar-refractivity contribution in [2.45, 2.75) is 84.8 Å². The zero-order valence-corrected chi connectivity index (χ0v) is 25.1. The van der Waals surface area contributed by atoms with Crippen molar-refractivity contribution in [2.24, 2.45) is 0 Å². The number of hydrogen-bond acceptors (Lipinski definition) is 7. The monoisotopic (exact) mass is 552 g/mol. The van der Waals surface area contributed by atoms with E-state index in [-0.39, 0.29) is 29.3 Å². The molecular weight excluding hydrogens is 508 g/mol. The first-order valence-corrected chi connectivity index (χ1v) is 13.8. The molecule has 2 aromatic carbocycles. The van der Waals surface area contributed by atoms with Gasteiger partial charge in [-0.1, -0.05) is 29.4 Å². The smallest absolute Gasteiger partial charge is 0.174 e. The summed E-state index contributed by atoms with van der Waals surface area (Å²) in [6.45, 7) is 9.72. The van der Waals surface area contributed by atoms with Gasteiger partial charge >= 0.3 is 0 Å². The number of carbonyl (C=O) groups is 1. The molecule has 0 aliphatic carbocycles. The summed E-state index contributed by atoms with van der Waals surface area (Å²) in [5.41, 5.74) is 3.99. The van der Waals surface area contributed by atoms with Gasteiger partial charge in [0.05, 0.1) is 33.4 Å². The Bertz CT molecular complexity index is 1280. The van der Waals surface area contributed by atoms with Crippen LogP contribution in [0.25, 0.3) is 0 Å². The Hall–Kier alpha value is -3.45. The normalized spacial score (nSPS) is 15.3. The number of fused-ring (bicyclic) bond motifs is 1. The maximum Gasteiger partial charge on any atom is 0.174 e. The Morgan fingerprint density at radius 2 is 1.75 bits per heavy atom. The summed E-state index contributed by atoms with van der Waals surface area (Å²) in [7, 11) is 4.72. The summed E-state index contributed by atoms with van der Waals surface area (Å²) >= 11 is 0. The number of Topliss-reactive ketones (excluding diaryl/α,β-unsaturated/α-hetero) is 1. The fourth-order valence-corrected chi connectivity index (χ4v) is 5.00. The van der Waals surface area contributed by atoms with Crippen LogP contribution in [0, 0.1) is 0 Å². The Balaban J connectivity index is 2.01. The fraction of sp³-hybridized carbons (Fsp3) is 0.485. The molecule has 40 heavy (non-hydrogen) atoms. The summed E-state index contributed by atoms with van der Waals surface area (Å²) in [6, 6.07) is 5.40. The number of phenolic OH excluding ortho intramolecular Hbond substituents is 1. The van der Waals surface area contributed by atoms with Crippen LogP contribution in [0.15, 0.2) is 41.5 Å². The van der Waals surface area contributed by atoms with Gasteiger partial charge in [0.2, 0.25) is 0 Å². The van der Waals surface area contributed by atoms with E-state index in [0.29, 0.717) is 42.1 Å². The lowest BCUT2D eigenvalue weighted by molar-refractivity contribution is 0.0711. The number of rotatable bonds is 12. The predicted octanol–water partition coefficient (Wildman–Crippen LogP) is 7.06. The Morgan fingerprint density at radius 3 is 2.35 bits per heavy atom. The lowest BCUT2D eigenvalue weighted by Crippen LogP contribution is -2.23. The van der Waals surface area contributed by atoms with Gasteiger partial charge < -0.3 is 29.2 Å². The molecular formula is C33H44O7. The van der Waals surface area contributed by atoms with Crippen molar-refractivity contribution in [3.63, 3.8) is 0 Å².